The Bertz CT molecular complexity index is 703. The molecule has 0 spiro atoms. The first-order chi connectivity index (χ1) is 11.9. The Labute approximate surface area is 148 Å². The van der Waals surface area contributed by atoms with Crippen LogP contribution in [0.1, 0.15) is 23.4 Å². The van der Waals surface area contributed by atoms with Crippen molar-refractivity contribution in [1.29, 1.82) is 0 Å². The molecule has 1 aromatic heterocycles. The van der Waals surface area contributed by atoms with Crippen molar-refractivity contribution < 1.29 is 22.4 Å². The molecule has 3 rings (SSSR count). The van der Waals surface area contributed by atoms with Gasteiger partial charge >= 0.3 is 0 Å². The molecule has 25 heavy (non-hydrogen) atoms. The van der Waals surface area contributed by atoms with Gasteiger partial charge in [-0.1, -0.05) is 0 Å². The van der Waals surface area contributed by atoms with Crippen LogP contribution in [-0.2, 0) is 14.8 Å². The Morgan fingerprint density at radius 2 is 1.80 bits per heavy atom. The molecule has 0 bridgehead atoms. The molecule has 140 valence electrons. The van der Waals surface area contributed by atoms with Crippen molar-refractivity contribution in [2.45, 2.75) is 24.0 Å². The number of morpholine rings is 1. The Hall–Kier alpha value is -1.42. The number of amides is 1. The van der Waals surface area contributed by atoms with Crippen LogP contribution in [0.15, 0.2) is 21.6 Å². The van der Waals surface area contributed by atoms with E-state index in [1.54, 1.807) is 11.9 Å². The number of nitrogens with zero attached hydrogens (tertiary/aromatic N) is 3. The van der Waals surface area contributed by atoms with Gasteiger partial charge in [-0.25, -0.2) is 8.42 Å². The van der Waals surface area contributed by atoms with Crippen LogP contribution in [0.2, 0.25) is 0 Å². The standard InChI is InChI=1S/C16H25N3O5S/c1-17-7-5-13(6-8-17)18(2)16(20)14-3-4-15(24-14)25(21,22)19-9-11-23-12-10-19/h3-4,13H,5-12H2,1-2H3. The van der Waals surface area contributed by atoms with Gasteiger partial charge < -0.3 is 19.0 Å². The summed E-state index contributed by atoms with van der Waals surface area (Å²) >= 11 is 0. The van der Waals surface area contributed by atoms with E-state index >= 15 is 0 Å². The maximum absolute atomic E-state index is 12.6. The maximum atomic E-state index is 12.6. The molecule has 0 atom stereocenters. The lowest BCUT2D eigenvalue weighted by atomic mass is 10.0. The Morgan fingerprint density at radius 1 is 1.16 bits per heavy atom. The molecule has 1 aromatic rings. The first-order valence-electron chi connectivity index (χ1n) is 8.53. The highest BCUT2D eigenvalue weighted by molar-refractivity contribution is 7.89. The van der Waals surface area contributed by atoms with Crippen LogP contribution in [0.4, 0.5) is 0 Å². The number of rotatable bonds is 4. The van der Waals surface area contributed by atoms with Crippen LogP contribution in [0, 0.1) is 0 Å². The minimum absolute atomic E-state index is 0.0632. The molecule has 9 heteroatoms. The molecular weight excluding hydrogens is 346 g/mol. The molecule has 2 saturated heterocycles. The molecule has 2 fully saturated rings. The van der Waals surface area contributed by atoms with Gasteiger partial charge in [0.2, 0.25) is 5.09 Å². The number of furan rings is 1. The van der Waals surface area contributed by atoms with Crippen LogP contribution in [0.25, 0.3) is 0 Å². The SMILES string of the molecule is CN1CCC(N(C)C(=O)c2ccc(S(=O)(=O)N3CCOCC3)o2)CC1. The number of hydrogen-bond acceptors (Lipinski definition) is 6. The molecule has 0 N–H and O–H groups in total. The molecule has 0 aliphatic carbocycles. The molecule has 1 amide bonds. The van der Waals surface area contributed by atoms with E-state index in [1.807, 2.05) is 0 Å². The second kappa shape index (κ2) is 7.45. The smallest absolute Gasteiger partial charge is 0.289 e. The average Bonchev–Trinajstić information content (AvgIpc) is 3.13. The van der Waals surface area contributed by atoms with E-state index in [9.17, 15) is 13.2 Å². The predicted molar refractivity (Wildman–Crippen MR) is 90.9 cm³/mol. The number of hydrogen-bond donors (Lipinski definition) is 0. The minimum Gasteiger partial charge on any atom is -0.438 e. The topological polar surface area (TPSA) is 83.3 Å². The second-order valence-electron chi connectivity index (χ2n) is 6.59. The number of sulfonamides is 1. The first kappa shape index (κ1) is 18.4. The molecule has 0 aromatic carbocycles. The van der Waals surface area contributed by atoms with Gasteiger partial charge in [-0.2, -0.15) is 4.31 Å². The van der Waals surface area contributed by atoms with E-state index in [-0.39, 0.29) is 22.8 Å². The number of carbonyl (C=O) groups excluding carboxylic acids is 1. The van der Waals surface area contributed by atoms with Crippen molar-refractivity contribution in [2.75, 3.05) is 53.5 Å². The van der Waals surface area contributed by atoms with Gasteiger partial charge in [0.05, 0.1) is 13.2 Å². The summed E-state index contributed by atoms with van der Waals surface area (Å²) in [6.07, 6.45) is 1.80. The zero-order chi connectivity index (χ0) is 18.0. The normalized spacial score (nSPS) is 21.4. The van der Waals surface area contributed by atoms with E-state index in [2.05, 4.69) is 11.9 Å². The van der Waals surface area contributed by atoms with Crippen molar-refractivity contribution in [3.8, 4) is 0 Å². The lowest BCUT2D eigenvalue weighted by molar-refractivity contribution is 0.0619. The molecule has 8 nitrogen and oxygen atoms in total. The summed E-state index contributed by atoms with van der Waals surface area (Å²) in [5.74, 6) is -0.216. The highest BCUT2D eigenvalue weighted by atomic mass is 32.2. The summed E-state index contributed by atoms with van der Waals surface area (Å²) in [5, 5.41) is -0.186. The summed E-state index contributed by atoms with van der Waals surface area (Å²) in [4.78, 5) is 16.5. The fraction of sp³-hybridized carbons (Fsp3) is 0.688. The van der Waals surface area contributed by atoms with Crippen LogP contribution >= 0.6 is 0 Å². The summed E-state index contributed by atoms with van der Waals surface area (Å²) in [6.45, 7) is 3.20. The quantitative estimate of drug-likeness (QED) is 0.765. The minimum atomic E-state index is -3.72. The molecule has 0 unspecified atom stereocenters. The van der Waals surface area contributed by atoms with Gasteiger partial charge in [-0.3, -0.25) is 4.79 Å². The Kier molecular flexibility index (Phi) is 5.47. The van der Waals surface area contributed by atoms with E-state index in [0.29, 0.717) is 26.3 Å². The number of likely N-dealkylation sites (tertiary alicyclic amines) is 1. The van der Waals surface area contributed by atoms with Crippen molar-refractivity contribution in [3.63, 3.8) is 0 Å². The van der Waals surface area contributed by atoms with E-state index < -0.39 is 10.0 Å². The predicted octanol–water partition coefficient (Wildman–Crippen LogP) is 0.467. The highest BCUT2D eigenvalue weighted by Crippen LogP contribution is 2.22. The van der Waals surface area contributed by atoms with E-state index in [0.717, 1.165) is 25.9 Å². The van der Waals surface area contributed by atoms with Crippen molar-refractivity contribution >= 4 is 15.9 Å². The Morgan fingerprint density at radius 3 is 2.44 bits per heavy atom. The average molecular weight is 371 g/mol. The van der Waals surface area contributed by atoms with E-state index in [1.165, 1.54) is 16.4 Å². The summed E-state index contributed by atoms with van der Waals surface area (Å²) in [6, 6.07) is 2.95. The van der Waals surface area contributed by atoms with Crippen LogP contribution in [-0.4, -0.2) is 88.0 Å². The monoisotopic (exact) mass is 371 g/mol. The summed E-state index contributed by atoms with van der Waals surface area (Å²) in [7, 11) is 0.0865. The molecule has 0 saturated carbocycles. The second-order valence-corrected chi connectivity index (χ2v) is 8.45. The largest absolute Gasteiger partial charge is 0.438 e. The zero-order valence-electron chi connectivity index (χ0n) is 14.7. The van der Waals surface area contributed by atoms with Gasteiger partial charge in [0.1, 0.15) is 0 Å². The fourth-order valence-corrected chi connectivity index (χ4v) is 4.53. The zero-order valence-corrected chi connectivity index (χ0v) is 15.5. The lowest BCUT2D eigenvalue weighted by Crippen LogP contribution is -2.44. The number of carbonyl (C=O) groups is 1. The van der Waals surface area contributed by atoms with Gasteiger partial charge in [-0.05, 0) is 45.1 Å². The summed E-state index contributed by atoms with van der Waals surface area (Å²) in [5.41, 5.74) is 0. The fourth-order valence-electron chi connectivity index (χ4n) is 3.21. The van der Waals surface area contributed by atoms with E-state index in [4.69, 9.17) is 9.15 Å². The van der Waals surface area contributed by atoms with Crippen LogP contribution in [0.3, 0.4) is 0 Å². The third-order valence-corrected chi connectivity index (χ3v) is 6.69. The lowest BCUT2D eigenvalue weighted by Gasteiger charge is -2.34. The summed E-state index contributed by atoms with van der Waals surface area (Å²) < 4.78 is 37.1. The molecule has 3 heterocycles. The highest BCUT2D eigenvalue weighted by Gasteiger charge is 2.31. The molecule has 0 radical (unpaired) electrons. The Balaban J connectivity index is 1.71. The van der Waals surface area contributed by atoms with Gasteiger partial charge in [-0.15, -0.1) is 0 Å². The first-order valence-corrected chi connectivity index (χ1v) is 9.97. The van der Waals surface area contributed by atoms with Gasteiger partial charge in [0.15, 0.2) is 5.76 Å². The number of ether oxygens (including phenoxy) is 1. The molecular formula is C16H25N3O5S. The van der Waals surface area contributed by atoms with Crippen molar-refractivity contribution in [3.05, 3.63) is 17.9 Å². The third kappa shape index (κ3) is 3.89. The van der Waals surface area contributed by atoms with Crippen LogP contribution in [0.5, 0.6) is 0 Å². The van der Waals surface area contributed by atoms with Crippen molar-refractivity contribution in [1.82, 2.24) is 14.1 Å². The molecule has 2 aliphatic heterocycles. The molecule has 2 aliphatic rings. The maximum Gasteiger partial charge on any atom is 0.289 e. The third-order valence-electron chi connectivity index (χ3n) is 4.91. The number of piperidine rings is 1. The van der Waals surface area contributed by atoms with Gasteiger partial charge in [0, 0.05) is 26.2 Å². The van der Waals surface area contributed by atoms with Gasteiger partial charge in [0.25, 0.3) is 15.9 Å². The van der Waals surface area contributed by atoms with Crippen molar-refractivity contribution in [2.24, 2.45) is 0 Å². The van der Waals surface area contributed by atoms with Crippen LogP contribution < -0.4 is 0 Å².